The van der Waals surface area contributed by atoms with Crippen molar-refractivity contribution >= 4 is 11.6 Å². The van der Waals surface area contributed by atoms with Crippen molar-refractivity contribution in [1.82, 2.24) is 19.9 Å². The van der Waals surface area contributed by atoms with E-state index >= 15 is 0 Å². The van der Waals surface area contributed by atoms with E-state index in [0.29, 0.717) is 11.0 Å². The van der Waals surface area contributed by atoms with Gasteiger partial charge in [-0.05, 0) is 6.07 Å². The first-order chi connectivity index (χ1) is 18.3. The summed E-state index contributed by atoms with van der Waals surface area (Å²) < 4.78 is 0. The zero-order valence-electron chi connectivity index (χ0n) is 19.9. The van der Waals surface area contributed by atoms with Crippen LogP contribution in [0, 0.1) is 0 Å². The SMILES string of the molecule is Clc1cc(-c2ccccc2)nc(-c2ccccc2)n1.c1ccc(-c2ccnc(-c3ccccc3)n2)cc1. The maximum atomic E-state index is 6.10. The molecule has 0 amide bonds. The minimum Gasteiger partial charge on any atom is -0.237 e. The molecule has 0 unspecified atom stereocenters. The average molecular weight is 499 g/mol. The van der Waals surface area contributed by atoms with Gasteiger partial charge in [0.1, 0.15) is 5.15 Å². The van der Waals surface area contributed by atoms with Crippen LogP contribution in [0.3, 0.4) is 0 Å². The molecule has 2 heterocycles. The summed E-state index contributed by atoms with van der Waals surface area (Å²) in [5.41, 5.74) is 5.92. The molecule has 6 aromatic rings. The molecular weight excluding hydrogens is 476 g/mol. The van der Waals surface area contributed by atoms with E-state index in [4.69, 9.17) is 11.6 Å². The molecule has 0 radical (unpaired) electrons. The van der Waals surface area contributed by atoms with Crippen LogP contribution in [0.15, 0.2) is 140 Å². The van der Waals surface area contributed by atoms with Gasteiger partial charge in [0, 0.05) is 34.5 Å². The van der Waals surface area contributed by atoms with Gasteiger partial charge in [-0.3, -0.25) is 0 Å². The highest BCUT2D eigenvalue weighted by atomic mass is 35.5. The second-order valence-corrected chi connectivity index (χ2v) is 8.52. The van der Waals surface area contributed by atoms with Gasteiger partial charge in [-0.15, -0.1) is 0 Å². The van der Waals surface area contributed by atoms with Gasteiger partial charge in [-0.2, -0.15) is 0 Å². The van der Waals surface area contributed by atoms with Gasteiger partial charge in [0.15, 0.2) is 11.6 Å². The summed E-state index contributed by atoms with van der Waals surface area (Å²) >= 11 is 6.10. The zero-order valence-corrected chi connectivity index (χ0v) is 20.7. The molecule has 0 saturated carbocycles. The largest absolute Gasteiger partial charge is 0.237 e. The molecule has 2 aromatic heterocycles. The third-order valence-corrected chi connectivity index (χ3v) is 5.75. The molecule has 0 N–H and O–H groups in total. The van der Waals surface area contributed by atoms with E-state index in [1.165, 1.54) is 0 Å². The minimum absolute atomic E-state index is 0.452. The summed E-state index contributed by atoms with van der Waals surface area (Å²) in [6.07, 6.45) is 1.80. The Hall–Kier alpha value is -4.67. The van der Waals surface area contributed by atoms with Gasteiger partial charge < -0.3 is 0 Å². The number of rotatable bonds is 4. The molecular formula is C32H23ClN4. The van der Waals surface area contributed by atoms with Crippen molar-refractivity contribution in [3.63, 3.8) is 0 Å². The highest BCUT2D eigenvalue weighted by molar-refractivity contribution is 6.29. The van der Waals surface area contributed by atoms with Gasteiger partial charge in [-0.1, -0.05) is 133 Å². The van der Waals surface area contributed by atoms with Crippen LogP contribution >= 0.6 is 11.6 Å². The zero-order chi connectivity index (χ0) is 25.3. The lowest BCUT2D eigenvalue weighted by Crippen LogP contribution is -1.92. The Kier molecular flexibility index (Phi) is 7.70. The van der Waals surface area contributed by atoms with Crippen molar-refractivity contribution in [3.05, 3.63) is 145 Å². The maximum Gasteiger partial charge on any atom is 0.161 e. The quantitative estimate of drug-likeness (QED) is 0.229. The highest BCUT2D eigenvalue weighted by Gasteiger charge is 2.07. The molecule has 0 aliphatic carbocycles. The van der Waals surface area contributed by atoms with Crippen LogP contribution in [0.1, 0.15) is 0 Å². The summed E-state index contributed by atoms with van der Waals surface area (Å²) in [6, 6.07) is 43.6. The number of benzene rings is 4. The Morgan fingerprint density at radius 3 is 1.38 bits per heavy atom. The van der Waals surface area contributed by atoms with E-state index in [0.717, 1.165) is 39.5 Å². The van der Waals surface area contributed by atoms with Gasteiger partial charge in [-0.25, -0.2) is 19.9 Å². The first-order valence-corrected chi connectivity index (χ1v) is 12.2. The van der Waals surface area contributed by atoms with E-state index in [1.807, 2.05) is 115 Å². The Balaban J connectivity index is 0.000000152. The van der Waals surface area contributed by atoms with Crippen molar-refractivity contribution in [2.75, 3.05) is 0 Å². The number of aromatic nitrogens is 4. The Morgan fingerprint density at radius 2 is 0.838 bits per heavy atom. The highest BCUT2D eigenvalue weighted by Crippen LogP contribution is 2.24. The van der Waals surface area contributed by atoms with Crippen LogP contribution in [0.2, 0.25) is 5.15 Å². The molecule has 0 saturated heterocycles. The summed E-state index contributed by atoms with van der Waals surface area (Å²) in [7, 11) is 0. The fourth-order valence-electron chi connectivity index (χ4n) is 3.75. The molecule has 4 nitrogen and oxygen atoms in total. The van der Waals surface area contributed by atoms with Crippen LogP contribution in [0.5, 0.6) is 0 Å². The Morgan fingerprint density at radius 1 is 0.405 bits per heavy atom. The maximum absolute atomic E-state index is 6.10. The predicted molar refractivity (Wildman–Crippen MR) is 151 cm³/mol. The number of halogens is 1. The molecule has 0 bridgehead atoms. The van der Waals surface area contributed by atoms with Crippen molar-refractivity contribution in [2.45, 2.75) is 0 Å². The van der Waals surface area contributed by atoms with Crippen LogP contribution < -0.4 is 0 Å². The fraction of sp³-hybridized carbons (Fsp3) is 0. The van der Waals surface area contributed by atoms with Gasteiger partial charge in [0.2, 0.25) is 0 Å². The number of hydrogen-bond acceptors (Lipinski definition) is 4. The standard InChI is InChI=1S/C16H11ClN2.C16H12N2/c17-15-11-14(12-7-3-1-4-8-12)18-16(19-15)13-9-5-2-6-10-13;1-3-7-13(8-4-1)15-11-12-17-16(18-15)14-9-5-2-6-10-14/h1-11H;1-12H. The molecule has 178 valence electrons. The van der Waals surface area contributed by atoms with Gasteiger partial charge >= 0.3 is 0 Å². The normalized spacial score (nSPS) is 10.3. The monoisotopic (exact) mass is 498 g/mol. The van der Waals surface area contributed by atoms with Crippen LogP contribution in [0.4, 0.5) is 0 Å². The van der Waals surface area contributed by atoms with E-state index < -0.39 is 0 Å². The van der Waals surface area contributed by atoms with Crippen molar-refractivity contribution in [2.24, 2.45) is 0 Å². The summed E-state index contributed by atoms with van der Waals surface area (Å²) in [5, 5.41) is 0.452. The molecule has 6 rings (SSSR count). The smallest absolute Gasteiger partial charge is 0.161 e. The van der Waals surface area contributed by atoms with Crippen molar-refractivity contribution in [3.8, 4) is 45.3 Å². The lowest BCUT2D eigenvalue weighted by Gasteiger charge is -2.05. The van der Waals surface area contributed by atoms with E-state index in [1.54, 1.807) is 12.3 Å². The van der Waals surface area contributed by atoms with Crippen LogP contribution in [-0.4, -0.2) is 19.9 Å². The lowest BCUT2D eigenvalue weighted by molar-refractivity contribution is 1.18. The van der Waals surface area contributed by atoms with Gasteiger partial charge in [0.05, 0.1) is 11.4 Å². The van der Waals surface area contributed by atoms with Crippen LogP contribution in [0.25, 0.3) is 45.3 Å². The van der Waals surface area contributed by atoms with E-state index in [9.17, 15) is 0 Å². The first-order valence-electron chi connectivity index (χ1n) is 11.9. The van der Waals surface area contributed by atoms with Crippen LogP contribution in [-0.2, 0) is 0 Å². The average Bonchev–Trinajstić information content (AvgIpc) is 2.99. The molecule has 0 fully saturated rings. The van der Waals surface area contributed by atoms with E-state index in [-0.39, 0.29) is 0 Å². The van der Waals surface area contributed by atoms with Crippen molar-refractivity contribution in [1.29, 1.82) is 0 Å². The third kappa shape index (κ3) is 6.31. The van der Waals surface area contributed by atoms with Crippen molar-refractivity contribution < 1.29 is 0 Å². The topological polar surface area (TPSA) is 51.6 Å². The minimum atomic E-state index is 0.452. The summed E-state index contributed by atoms with van der Waals surface area (Å²) in [6.45, 7) is 0. The molecule has 37 heavy (non-hydrogen) atoms. The van der Waals surface area contributed by atoms with Gasteiger partial charge in [0.25, 0.3) is 0 Å². The Bertz CT molecular complexity index is 1450. The summed E-state index contributed by atoms with van der Waals surface area (Å²) in [5.74, 6) is 1.41. The molecule has 0 aliphatic heterocycles. The molecule has 5 heteroatoms. The molecule has 0 atom stereocenters. The fourth-order valence-corrected chi connectivity index (χ4v) is 3.93. The second kappa shape index (κ2) is 11.8. The molecule has 0 spiro atoms. The van der Waals surface area contributed by atoms with E-state index in [2.05, 4.69) is 32.1 Å². The molecule has 0 aliphatic rings. The first kappa shape index (κ1) is 24.0. The second-order valence-electron chi connectivity index (χ2n) is 8.13. The predicted octanol–water partition coefficient (Wildman–Crippen LogP) is 8.27. The number of nitrogens with zero attached hydrogens (tertiary/aromatic N) is 4. The third-order valence-electron chi connectivity index (χ3n) is 5.55. The summed E-state index contributed by atoms with van der Waals surface area (Å²) in [4.78, 5) is 17.8. The lowest BCUT2D eigenvalue weighted by atomic mass is 10.1. The number of hydrogen-bond donors (Lipinski definition) is 0. The Labute approximate surface area is 221 Å². The molecule has 4 aromatic carbocycles.